The molecule has 0 radical (unpaired) electrons. The van der Waals surface area contributed by atoms with E-state index in [4.69, 9.17) is 61.1 Å². The topological polar surface area (TPSA) is 172 Å². The van der Waals surface area contributed by atoms with Crippen molar-refractivity contribution in [1.29, 1.82) is 0 Å². The van der Waals surface area contributed by atoms with Gasteiger partial charge >= 0.3 is 0 Å². The number of ether oxygens (including phenoxy) is 8. The molecule has 386 valence electrons. The van der Waals surface area contributed by atoms with Gasteiger partial charge in [0.1, 0.15) is 29.0 Å². The summed E-state index contributed by atoms with van der Waals surface area (Å²) < 4.78 is 89.6. The third-order valence-corrected chi connectivity index (χ3v) is 13.3. The number of thioether (sulfide) groups is 1. The molecule has 0 saturated carbocycles. The highest BCUT2D eigenvalue weighted by molar-refractivity contribution is 8.03. The number of unbranched alkanes of at least 4 members (excludes halogenated alkanes) is 2. The highest BCUT2D eigenvalue weighted by Gasteiger charge is 2.30. The molecule has 3 atom stereocenters. The van der Waals surface area contributed by atoms with E-state index in [1.54, 1.807) is 27.3 Å². The first-order valence-electron chi connectivity index (χ1n) is 23.3. The predicted octanol–water partition coefficient (Wildman–Crippen LogP) is 7.83. The number of halogens is 5. The lowest BCUT2D eigenvalue weighted by Gasteiger charge is -2.25. The second-order valence-electron chi connectivity index (χ2n) is 16.0. The van der Waals surface area contributed by atoms with Gasteiger partial charge in [-0.2, -0.15) is 26.8 Å². The van der Waals surface area contributed by atoms with Crippen LogP contribution < -0.4 is 4.90 Å². The Kier molecular flexibility index (Phi) is 25.6. The summed E-state index contributed by atoms with van der Waals surface area (Å²) in [5.74, 6) is -1.33. The Hall–Kier alpha value is -3.28. The molecule has 0 bridgehead atoms. The van der Waals surface area contributed by atoms with Gasteiger partial charge in [0.05, 0.1) is 110 Å². The van der Waals surface area contributed by atoms with Gasteiger partial charge in [0.2, 0.25) is 5.28 Å². The fourth-order valence-electron chi connectivity index (χ4n) is 7.33. The smallest absolute Gasteiger partial charge is 0.226 e. The van der Waals surface area contributed by atoms with Crippen molar-refractivity contribution in [2.75, 3.05) is 109 Å². The zero-order valence-electron chi connectivity index (χ0n) is 39.0. The maximum absolute atomic E-state index is 13.7. The predicted molar refractivity (Wildman–Crippen MR) is 262 cm³/mol. The van der Waals surface area contributed by atoms with E-state index in [2.05, 4.69) is 30.3 Å². The Balaban J connectivity index is 0.759. The number of hydrogen-bond donors (Lipinski definition) is 1. The molecule has 6 rings (SSSR count). The Morgan fingerprint density at radius 2 is 1.47 bits per heavy atom. The third kappa shape index (κ3) is 19.3. The number of aromatic nitrogens is 7. The van der Waals surface area contributed by atoms with E-state index in [1.807, 2.05) is 30.5 Å². The number of anilines is 1. The van der Waals surface area contributed by atoms with E-state index in [0.29, 0.717) is 133 Å². The lowest BCUT2D eigenvalue weighted by Crippen LogP contribution is -2.28. The van der Waals surface area contributed by atoms with Crippen LogP contribution in [0.5, 0.6) is 0 Å². The monoisotopic (exact) mass is 1060 g/mol. The summed E-state index contributed by atoms with van der Waals surface area (Å²) in [4.78, 5) is 20.5. The minimum atomic E-state index is -0.951. The van der Waals surface area contributed by atoms with Crippen LogP contribution in [0.2, 0.25) is 10.3 Å². The molecule has 1 aliphatic heterocycles. The zero-order valence-corrected chi connectivity index (χ0v) is 42.4. The van der Waals surface area contributed by atoms with Crippen molar-refractivity contribution in [3.8, 4) is 0 Å². The number of rotatable bonds is 37. The maximum atomic E-state index is 13.7. The van der Waals surface area contributed by atoms with E-state index in [0.717, 1.165) is 54.5 Å². The standard InChI is InChI=1S/C46H62Cl2F3N8O9PS/c47-40-7-3-2-6-34(40)29-57(44-39-28-52-59(45(39)54-46(48)53-44)43-9-8-37(68-43)32-70-33-69-60)11-16-61-13-4-1-5-14-62-24-25-67-31-36-30-58(56-55-36)12-17-64-19-21-66-23-22-65-20-18-63-15-10-38-41(50)26-35(49)27-42(38)51/h2-3,6-7,26-28,30,37,43,60,69H,1,4-5,8-25,29,31-33H2. The Bertz CT molecular complexity index is 2260. The zero-order chi connectivity index (χ0) is 49.2. The van der Waals surface area contributed by atoms with Crippen molar-refractivity contribution in [2.24, 2.45) is 0 Å². The van der Waals surface area contributed by atoms with Gasteiger partial charge in [0, 0.05) is 75.5 Å². The van der Waals surface area contributed by atoms with Crippen LogP contribution in [-0.2, 0) is 64.0 Å². The average Bonchev–Trinajstić information content (AvgIpc) is 4.12. The molecule has 1 aliphatic rings. The van der Waals surface area contributed by atoms with Gasteiger partial charge in [-0.05, 0) is 55.3 Å². The first-order chi connectivity index (χ1) is 34.3. The van der Waals surface area contributed by atoms with Crippen LogP contribution in [0.1, 0.15) is 55.2 Å². The van der Waals surface area contributed by atoms with Crippen molar-refractivity contribution in [2.45, 2.75) is 70.6 Å². The summed E-state index contributed by atoms with van der Waals surface area (Å²) in [5, 5.41) is 14.5. The number of fused-ring (bicyclic) bond motifs is 1. The maximum Gasteiger partial charge on any atom is 0.226 e. The average molecular weight is 1060 g/mol. The van der Waals surface area contributed by atoms with Crippen LogP contribution in [0.3, 0.4) is 0 Å². The van der Waals surface area contributed by atoms with Crippen LogP contribution in [-0.4, -0.2) is 149 Å². The van der Waals surface area contributed by atoms with Crippen molar-refractivity contribution >= 4 is 60.6 Å². The molecule has 3 unspecified atom stereocenters. The highest BCUT2D eigenvalue weighted by atomic mass is 35.5. The van der Waals surface area contributed by atoms with Crippen LogP contribution in [0.15, 0.2) is 48.8 Å². The molecular formula is C46H62Cl2F3N8O9PS. The summed E-state index contributed by atoms with van der Waals surface area (Å²) >= 11 is 14.9. The number of nitrogens with zero attached hydrogens (tertiary/aromatic N) is 8. The summed E-state index contributed by atoms with van der Waals surface area (Å²) in [5.41, 5.74) is 2.78. The summed E-state index contributed by atoms with van der Waals surface area (Å²) in [7, 11) is -0.0752. The number of benzene rings is 2. The van der Waals surface area contributed by atoms with Crippen LogP contribution in [0, 0.1) is 17.5 Å². The molecule has 0 amide bonds. The molecular weight excluding hydrogens is 999 g/mol. The van der Waals surface area contributed by atoms with Crippen LogP contribution in [0.4, 0.5) is 19.0 Å². The lowest BCUT2D eigenvalue weighted by atomic mass is 10.1. The van der Waals surface area contributed by atoms with Gasteiger partial charge in [-0.25, -0.2) is 22.5 Å². The summed E-state index contributed by atoms with van der Waals surface area (Å²) in [6.07, 6.45) is 7.88. The first kappa shape index (κ1) is 56.0. The third-order valence-electron chi connectivity index (χ3n) is 10.8. The van der Waals surface area contributed by atoms with Gasteiger partial charge < -0.3 is 47.7 Å². The summed E-state index contributed by atoms with van der Waals surface area (Å²) in [6, 6.07) is 9.04. The molecule has 4 heterocycles. The highest BCUT2D eigenvalue weighted by Crippen LogP contribution is 2.35. The number of hydrogen-bond acceptors (Lipinski definition) is 16. The van der Waals surface area contributed by atoms with E-state index >= 15 is 0 Å². The molecule has 17 nitrogen and oxygen atoms in total. The molecule has 24 heteroatoms. The van der Waals surface area contributed by atoms with Gasteiger partial charge in [-0.1, -0.05) is 35.0 Å². The van der Waals surface area contributed by atoms with Gasteiger partial charge in [0.15, 0.2) is 11.9 Å². The molecule has 0 spiro atoms. The fourth-order valence-corrected chi connectivity index (χ4v) is 9.03. The molecule has 1 saturated heterocycles. The largest absolute Gasteiger partial charge is 0.380 e. The Morgan fingerprint density at radius 3 is 2.20 bits per heavy atom. The second-order valence-corrected chi connectivity index (χ2v) is 18.9. The summed E-state index contributed by atoms with van der Waals surface area (Å²) in [6.45, 7) is 7.16. The molecule has 1 N–H and O–H groups in total. The van der Waals surface area contributed by atoms with Gasteiger partial charge in [0.25, 0.3) is 0 Å². The van der Waals surface area contributed by atoms with Crippen molar-refractivity contribution < 1.29 is 56.0 Å². The van der Waals surface area contributed by atoms with Gasteiger partial charge in [-0.3, -0.25) is 0 Å². The minimum Gasteiger partial charge on any atom is -0.380 e. The van der Waals surface area contributed by atoms with Crippen molar-refractivity contribution in [3.05, 3.63) is 93.4 Å². The van der Waals surface area contributed by atoms with Crippen LogP contribution in [0.25, 0.3) is 11.0 Å². The van der Waals surface area contributed by atoms with Crippen molar-refractivity contribution in [1.82, 2.24) is 34.7 Å². The molecule has 2 aromatic carbocycles. The van der Waals surface area contributed by atoms with E-state index in [-0.39, 0.29) is 51.6 Å². The SMILES string of the molecule is OPCSCC1CCC(n2ncc3c(N(CCOCCCCCOCCOCc4cn(CCOCCOCCOCCOCCc5c(F)cc(F)cc5F)nn4)Cc4ccccc4Cl)nc(Cl)nc32)O1. The van der Waals surface area contributed by atoms with E-state index in [9.17, 15) is 18.1 Å². The van der Waals surface area contributed by atoms with E-state index in [1.165, 1.54) is 0 Å². The van der Waals surface area contributed by atoms with Crippen molar-refractivity contribution in [3.63, 3.8) is 0 Å². The quantitative estimate of drug-likeness (QED) is 0.0232. The normalized spacial score (nSPS) is 15.1. The van der Waals surface area contributed by atoms with Crippen LogP contribution >= 0.6 is 43.8 Å². The molecule has 0 aliphatic carbocycles. The second kappa shape index (κ2) is 32.0. The fraction of sp³-hybridized carbons (Fsp3) is 0.587. The Morgan fingerprint density at radius 1 is 0.800 bits per heavy atom. The molecule has 3 aromatic heterocycles. The molecule has 1 fully saturated rings. The first-order valence-corrected chi connectivity index (χ1v) is 26.4. The molecule has 70 heavy (non-hydrogen) atoms. The van der Waals surface area contributed by atoms with E-state index < -0.39 is 17.5 Å². The lowest BCUT2D eigenvalue weighted by molar-refractivity contribution is -0.00255. The Labute approximate surface area is 422 Å². The minimum absolute atomic E-state index is 0.00109. The van der Waals surface area contributed by atoms with Gasteiger partial charge in [-0.15, -0.1) is 5.10 Å². The molecule has 5 aromatic rings.